The molecular formula is C19H16ClFN2O2. The maximum Gasteiger partial charge on any atom is 0.353 e. The average Bonchev–Trinajstić information content (AvgIpc) is 2.99. The second kappa shape index (κ2) is 6.69. The Hall–Kier alpha value is -2.66. The number of hydrogen-bond donors (Lipinski definition) is 1. The normalized spacial score (nSPS) is 19.6. The second-order valence-corrected chi connectivity index (χ2v) is 6.28. The Balaban J connectivity index is 2.14. The minimum atomic E-state index is -1.14. The number of carboxylic acid groups (broad SMARTS) is 1. The molecule has 0 aromatic heterocycles. The van der Waals surface area contributed by atoms with Gasteiger partial charge in [0.2, 0.25) is 0 Å². The van der Waals surface area contributed by atoms with Gasteiger partial charge in [-0.2, -0.15) is 5.10 Å². The van der Waals surface area contributed by atoms with Crippen molar-refractivity contribution in [2.75, 3.05) is 11.6 Å². The van der Waals surface area contributed by atoms with Crippen LogP contribution < -0.4 is 5.01 Å². The lowest BCUT2D eigenvalue weighted by atomic mass is 9.74. The Morgan fingerprint density at radius 3 is 2.72 bits per heavy atom. The summed E-state index contributed by atoms with van der Waals surface area (Å²) < 4.78 is 14.3. The van der Waals surface area contributed by atoms with Gasteiger partial charge in [0.05, 0.1) is 17.6 Å². The van der Waals surface area contributed by atoms with Gasteiger partial charge in [0.25, 0.3) is 0 Å². The zero-order valence-electron chi connectivity index (χ0n) is 13.3. The number of benzene rings is 2. The van der Waals surface area contributed by atoms with E-state index < -0.39 is 17.2 Å². The first kappa shape index (κ1) is 17.2. The molecule has 0 amide bonds. The molecular weight excluding hydrogens is 343 g/mol. The molecule has 0 fully saturated rings. The van der Waals surface area contributed by atoms with Gasteiger partial charge in [-0.15, -0.1) is 6.58 Å². The number of carbonyl (C=O) groups is 1. The Kier molecular flexibility index (Phi) is 4.59. The fraction of sp³-hybridized carbons (Fsp3) is 0.158. The first-order valence-electron chi connectivity index (χ1n) is 7.69. The van der Waals surface area contributed by atoms with Crippen LogP contribution in [0.25, 0.3) is 0 Å². The van der Waals surface area contributed by atoms with Crippen molar-refractivity contribution in [2.45, 2.75) is 11.8 Å². The average molecular weight is 359 g/mol. The molecule has 1 aliphatic heterocycles. The van der Waals surface area contributed by atoms with Gasteiger partial charge in [0.1, 0.15) is 5.82 Å². The smallest absolute Gasteiger partial charge is 0.353 e. The summed E-state index contributed by atoms with van der Waals surface area (Å²) in [7, 11) is 0. The topological polar surface area (TPSA) is 52.9 Å². The first-order chi connectivity index (χ1) is 12.0. The van der Waals surface area contributed by atoms with Gasteiger partial charge in [-0.25, -0.2) is 9.18 Å². The monoisotopic (exact) mass is 358 g/mol. The highest BCUT2D eigenvalue weighted by molar-refractivity contribution is 6.40. The Labute approximate surface area is 149 Å². The highest BCUT2D eigenvalue weighted by atomic mass is 35.5. The Morgan fingerprint density at radius 1 is 1.36 bits per heavy atom. The Bertz CT molecular complexity index is 854. The number of aliphatic carboxylic acids is 1. The fourth-order valence-corrected chi connectivity index (χ4v) is 3.33. The minimum Gasteiger partial charge on any atom is -0.477 e. The molecule has 25 heavy (non-hydrogen) atoms. The van der Waals surface area contributed by atoms with Crippen LogP contribution in [0.15, 0.2) is 66.3 Å². The molecule has 0 saturated carbocycles. The van der Waals surface area contributed by atoms with Gasteiger partial charge in [-0.1, -0.05) is 48.0 Å². The third-order valence-corrected chi connectivity index (χ3v) is 4.54. The molecule has 3 rings (SSSR count). The molecule has 1 aliphatic rings. The molecule has 1 atom stereocenters. The third kappa shape index (κ3) is 3.03. The standard InChI is InChI=1S/C19H16ClFN2O2/c1-2-10-19(13-6-4-3-5-7-13)12-23(22-17(19)18(24)25)16-11-14(20)8-9-15(16)21/h2-9,11H,1,10,12H2,(H,24,25). The summed E-state index contributed by atoms with van der Waals surface area (Å²) in [6.07, 6.45) is 2.02. The molecule has 1 N–H and O–H groups in total. The van der Waals surface area contributed by atoms with E-state index >= 15 is 0 Å². The first-order valence-corrected chi connectivity index (χ1v) is 8.07. The molecule has 2 aromatic rings. The van der Waals surface area contributed by atoms with Crippen LogP contribution in [0.2, 0.25) is 5.02 Å². The lowest BCUT2D eigenvalue weighted by molar-refractivity contribution is -0.129. The third-order valence-electron chi connectivity index (χ3n) is 4.30. The number of hydrogen-bond acceptors (Lipinski definition) is 3. The summed E-state index contributed by atoms with van der Waals surface area (Å²) in [6, 6.07) is 13.3. The summed E-state index contributed by atoms with van der Waals surface area (Å²) in [6.45, 7) is 3.94. The number of hydrazone groups is 1. The van der Waals surface area contributed by atoms with Crippen molar-refractivity contribution < 1.29 is 14.3 Å². The zero-order valence-corrected chi connectivity index (χ0v) is 14.1. The molecule has 1 unspecified atom stereocenters. The lowest BCUT2D eigenvalue weighted by Gasteiger charge is -2.29. The maximum atomic E-state index is 14.3. The SMILES string of the molecule is C=CCC1(c2ccccc2)CN(c2cc(Cl)ccc2F)N=C1C(=O)O. The molecule has 0 radical (unpaired) electrons. The molecule has 0 bridgehead atoms. The van der Waals surface area contributed by atoms with Gasteiger partial charge in [-0.3, -0.25) is 5.01 Å². The molecule has 6 heteroatoms. The van der Waals surface area contributed by atoms with E-state index in [4.69, 9.17) is 11.6 Å². The van der Waals surface area contributed by atoms with Gasteiger partial charge >= 0.3 is 5.97 Å². The van der Waals surface area contributed by atoms with Gasteiger partial charge < -0.3 is 5.11 Å². The second-order valence-electron chi connectivity index (χ2n) is 5.85. The van der Waals surface area contributed by atoms with Crippen molar-refractivity contribution in [2.24, 2.45) is 5.10 Å². The maximum absolute atomic E-state index is 14.3. The molecule has 0 spiro atoms. The van der Waals surface area contributed by atoms with Crippen molar-refractivity contribution in [1.82, 2.24) is 0 Å². The van der Waals surface area contributed by atoms with E-state index in [0.717, 1.165) is 5.56 Å². The number of allylic oxidation sites excluding steroid dienone is 1. The van der Waals surface area contributed by atoms with Crippen molar-refractivity contribution in [3.63, 3.8) is 0 Å². The van der Waals surface area contributed by atoms with E-state index in [0.29, 0.717) is 11.4 Å². The van der Waals surface area contributed by atoms with E-state index in [1.54, 1.807) is 6.08 Å². The zero-order chi connectivity index (χ0) is 18.0. The summed E-state index contributed by atoms with van der Waals surface area (Å²) in [5.41, 5.74) is -0.0176. The van der Waals surface area contributed by atoms with Gasteiger partial charge in [0, 0.05) is 5.02 Å². The van der Waals surface area contributed by atoms with Gasteiger partial charge in [0.15, 0.2) is 5.71 Å². The molecule has 1 heterocycles. The van der Waals surface area contributed by atoms with Crippen LogP contribution in [0.5, 0.6) is 0 Å². The van der Waals surface area contributed by atoms with Crippen molar-refractivity contribution in [3.8, 4) is 0 Å². The number of carboxylic acids is 1. The van der Waals surface area contributed by atoms with E-state index in [1.807, 2.05) is 30.3 Å². The van der Waals surface area contributed by atoms with E-state index in [2.05, 4.69) is 11.7 Å². The number of nitrogens with zero attached hydrogens (tertiary/aromatic N) is 2. The number of halogens is 2. The van der Waals surface area contributed by atoms with Gasteiger partial charge in [-0.05, 0) is 30.2 Å². The van der Waals surface area contributed by atoms with E-state index in [9.17, 15) is 14.3 Å². The van der Waals surface area contributed by atoms with Crippen LogP contribution in [0.4, 0.5) is 10.1 Å². The van der Waals surface area contributed by atoms with Crippen LogP contribution in [0.3, 0.4) is 0 Å². The molecule has 2 aromatic carbocycles. The van der Waals surface area contributed by atoms with E-state index in [1.165, 1.54) is 23.2 Å². The van der Waals surface area contributed by atoms with E-state index in [-0.39, 0.29) is 17.9 Å². The molecule has 4 nitrogen and oxygen atoms in total. The summed E-state index contributed by atoms with van der Waals surface area (Å²) in [5.74, 6) is -1.66. The molecule has 0 saturated heterocycles. The van der Waals surface area contributed by atoms with Crippen LogP contribution in [-0.4, -0.2) is 23.3 Å². The van der Waals surface area contributed by atoms with Crippen molar-refractivity contribution >= 4 is 29.0 Å². The summed E-state index contributed by atoms with van der Waals surface area (Å²) >= 11 is 5.97. The van der Waals surface area contributed by atoms with Crippen molar-refractivity contribution in [3.05, 3.63) is 77.6 Å². The predicted octanol–water partition coefficient (Wildman–Crippen LogP) is 4.25. The molecule has 128 valence electrons. The van der Waals surface area contributed by atoms with Crippen LogP contribution >= 0.6 is 11.6 Å². The van der Waals surface area contributed by atoms with Crippen LogP contribution in [0.1, 0.15) is 12.0 Å². The Morgan fingerprint density at radius 2 is 2.08 bits per heavy atom. The largest absolute Gasteiger partial charge is 0.477 e. The highest BCUT2D eigenvalue weighted by Crippen LogP contribution is 2.39. The summed E-state index contributed by atoms with van der Waals surface area (Å²) in [4.78, 5) is 11.9. The lowest BCUT2D eigenvalue weighted by Crippen LogP contribution is -2.41. The number of rotatable bonds is 5. The number of anilines is 1. The predicted molar refractivity (Wildman–Crippen MR) is 96.8 cm³/mol. The summed E-state index contributed by atoms with van der Waals surface area (Å²) in [5, 5.41) is 15.6. The van der Waals surface area contributed by atoms with Crippen molar-refractivity contribution in [1.29, 1.82) is 0 Å². The van der Waals surface area contributed by atoms with Crippen LogP contribution in [0, 0.1) is 5.82 Å². The fourth-order valence-electron chi connectivity index (χ4n) is 3.16. The quantitative estimate of drug-likeness (QED) is 0.813. The molecule has 0 aliphatic carbocycles. The highest BCUT2D eigenvalue weighted by Gasteiger charge is 2.47. The minimum absolute atomic E-state index is 0.0435. The van der Waals surface area contributed by atoms with Crippen LogP contribution in [-0.2, 0) is 10.2 Å².